The molecule has 0 aromatic carbocycles. The van der Waals surface area contributed by atoms with Crippen LogP contribution in [-0.4, -0.2) is 30.9 Å². The first-order valence-electron chi connectivity index (χ1n) is 9.88. The minimum absolute atomic E-state index is 0.274. The van der Waals surface area contributed by atoms with E-state index in [0.717, 1.165) is 0 Å². The standard InChI is InChI=1S/C23H21F2N5O2/c1-12(31)28-17-11-13(7-9-26-17)19-18(15-5-4-6-16(29-15)22(24)25)21-20(30-19)14(8-10-27-21)23(2,3)32/h4-11,22,30,32H,1-3H3,(H,26,28,31). The molecule has 0 aliphatic heterocycles. The van der Waals surface area contributed by atoms with Gasteiger partial charge < -0.3 is 15.4 Å². The summed E-state index contributed by atoms with van der Waals surface area (Å²) in [4.78, 5) is 27.5. The number of halogens is 2. The molecule has 7 nitrogen and oxygen atoms in total. The van der Waals surface area contributed by atoms with E-state index in [9.17, 15) is 18.7 Å². The fourth-order valence-corrected chi connectivity index (χ4v) is 3.61. The smallest absolute Gasteiger partial charge is 0.280 e. The van der Waals surface area contributed by atoms with E-state index in [-0.39, 0.29) is 11.6 Å². The molecule has 4 aromatic rings. The Morgan fingerprint density at radius 2 is 1.91 bits per heavy atom. The van der Waals surface area contributed by atoms with Crippen LogP contribution >= 0.6 is 0 Å². The Bertz CT molecular complexity index is 1310. The molecule has 0 bridgehead atoms. The molecule has 0 saturated carbocycles. The van der Waals surface area contributed by atoms with Gasteiger partial charge in [0.1, 0.15) is 11.5 Å². The number of anilines is 1. The molecule has 0 unspecified atom stereocenters. The molecule has 0 radical (unpaired) electrons. The Labute approximate surface area is 182 Å². The third-order valence-electron chi connectivity index (χ3n) is 4.95. The molecule has 0 aliphatic rings. The molecule has 164 valence electrons. The zero-order valence-electron chi connectivity index (χ0n) is 17.6. The SMILES string of the molecule is CC(=O)Nc1cc(-c2[nH]c3c(C(C)(C)O)ccnc3c2-c2cccc(C(F)F)n2)ccn1. The van der Waals surface area contributed by atoms with Crippen molar-refractivity contribution in [3.05, 3.63) is 60.0 Å². The van der Waals surface area contributed by atoms with Crippen molar-refractivity contribution in [1.29, 1.82) is 0 Å². The molecule has 0 saturated heterocycles. The molecule has 4 heterocycles. The summed E-state index contributed by atoms with van der Waals surface area (Å²) < 4.78 is 26.7. The molecule has 4 aromatic heterocycles. The van der Waals surface area contributed by atoms with Crippen LogP contribution in [0.3, 0.4) is 0 Å². The molecular weight excluding hydrogens is 416 g/mol. The van der Waals surface area contributed by atoms with Gasteiger partial charge in [0.15, 0.2) is 0 Å². The van der Waals surface area contributed by atoms with Gasteiger partial charge in [0.2, 0.25) is 5.91 Å². The topological polar surface area (TPSA) is 104 Å². The lowest BCUT2D eigenvalue weighted by Gasteiger charge is -2.18. The first-order chi connectivity index (χ1) is 15.1. The fraction of sp³-hybridized carbons (Fsp3) is 0.217. The highest BCUT2D eigenvalue weighted by atomic mass is 19.3. The van der Waals surface area contributed by atoms with Crippen LogP contribution in [0.25, 0.3) is 33.5 Å². The fourth-order valence-electron chi connectivity index (χ4n) is 3.61. The van der Waals surface area contributed by atoms with Crippen LogP contribution in [0.2, 0.25) is 0 Å². The molecular formula is C23H21F2N5O2. The lowest BCUT2D eigenvalue weighted by Crippen LogP contribution is -2.16. The Kier molecular flexibility index (Phi) is 5.43. The Morgan fingerprint density at radius 1 is 1.16 bits per heavy atom. The van der Waals surface area contributed by atoms with E-state index in [0.29, 0.717) is 44.9 Å². The van der Waals surface area contributed by atoms with Crippen molar-refractivity contribution < 1.29 is 18.7 Å². The highest BCUT2D eigenvalue weighted by Crippen LogP contribution is 2.40. The maximum atomic E-state index is 13.4. The van der Waals surface area contributed by atoms with E-state index in [1.807, 2.05) is 0 Å². The average Bonchev–Trinajstić information content (AvgIpc) is 3.12. The van der Waals surface area contributed by atoms with Gasteiger partial charge in [-0.05, 0) is 44.2 Å². The van der Waals surface area contributed by atoms with Gasteiger partial charge in [-0.1, -0.05) is 6.07 Å². The Hall–Kier alpha value is -3.72. The molecule has 0 fully saturated rings. The van der Waals surface area contributed by atoms with E-state index in [1.54, 1.807) is 44.3 Å². The first-order valence-corrected chi connectivity index (χ1v) is 9.88. The molecule has 0 spiro atoms. The van der Waals surface area contributed by atoms with E-state index >= 15 is 0 Å². The number of H-pyrrole nitrogens is 1. The second-order valence-corrected chi connectivity index (χ2v) is 7.88. The van der Waals surface area contributed by atoms with Gasteiger partial charge in [0, 0.05) is 30.4 Å². The summed E-state index contributed by atoms with van der Waals surface area (Å²) >= 11 is 0. The number of nitrogens with one attached hydrogen (secondary N) is 2. The van der Waals surface area contributed by atoms with Gasteiger partial charge in [-0.2, -0.15) is 0 Å². The lowest BCUT2D eigenvalue weighted by molar-refractivity contribution is -0.114. The van der Waals surface area contributed by atoms with Crippen LogP contribution in [0.15, 0.2) is 48.8 Å². The molecule has 32 heavy (non-hydrogen) atoms. The average molecular weight is 437 g/mol. The number of aliphatic hydroxyl groups is 1. The molecule has 3 N–H and O–H groups in total. The van der Waals surface area contributed by atoms with Gasteiger partial charge in [-0.15, -0.1) is 0 Å². The van der Waals surface area contributed by atoms with Crippen molar-refractivity contribution in [3.63, 3.8) is 0 Å². The largest absolute Gasteiger partial charge is 0.386 e. The van der Waals surface area contributed by atoms with Crippen LogP contribution in [-0.2, 0) is 10.4 Å². The molecule has 0 aliphatic carbocycles. The number of carbonyl (C=O) groups is 1. The Balaban J connectivity index is 2.03. The summed E-state index contributed by atoms with van der Waals surface area (Å²) in [5.74, 6) is 0.0633. The Morgan fingerprint density at radius 3 is 2.59 bits per heavy atom. The zero-order chi connectivity index (χ0) is 23.0. The third-order valence-corrected chi connectivity index (χ3v) is 4.95. The number of rotatable bonds is 5. The lowest BCUT2D eigenvalue weighted by atomic mass is 9.97. The number of amides is 1. The quantitative estimate of drug-likeness (QED) is 0.416. The van der Waals surface area contributed by atoms with E-state index < -0.39 is 12.0 Å². The van der Waals surface area contributed by atoms with Crippen molar-refractivity contribution >= 4 is 22.8 Å². The summed E-state index contributed by atoms with van der Waals surface area (Å²) in [6, 6.07) is 9.49. The van der Waals surface area contributed by atoms with Crippen molar-refractivity contribution in [1.82, 2.24) is 19.9 Å². The predicted molar refractivity (Wildman–Crippen MR) is 117 cm³/mol. The van der Waals surface area contributed by atoms with Crippen LogP contribution in [0.5, 0.6) is 0 Å². The van der Waals surface area contributed by atoms with Crippen LogP contribution in [0.1, 0.15) is 38.5 Å². The molecule has 0 atom stereocenters. The summed E-state index contributed by atoms with van der Waals surface area (Å²) in [5, 5.41) is 13.3. The number of pyridine rings is 3. The summed E-state index contributed by atoms with van der Waals surface area (Å²) in [6.07, 6.45) is 0.363. The van der Waals surface area contributed by atoms with Crippen LogP contribution in [0.4, 0.5) is 14.6 Å². The third kappa shape index (κ3) is 4.06. The number of hydrogen-bond acceptors (Lipinski definition) is 5. The van der Waals surface area contributed by atoms with Gasteiger partial charge >= 0.3 is 0 Å². The monoisotopic (exact) mass is 437 g/mol. The van der Waals surface area contributed by atoms with E-state index in [2.05, 4.69) is 25.3 Å². The molecule has 9 heteroatoms. The number of nitrogens with zero attached hydrogens (tertiary/aromatic N) is 3. The highest BCUT2D eigenvalue weighted by Gasteiger charge is 2.25. The number of aromatic nitrogens is 4. The van der Waals surface area contributed by atoms with Crippen molar-refractivity contribution in [2.24, 2.45) is 0 Å². The highest BCUT2D eigenvalue weighted by molar-refractivity contribution is 6.02. The zero-order valence-corrected chi connectivity index (χ0v) is 17.6. The maximum absolute atomic E-state index is 13.4. The number of aromatic amines is 1. The van der Waals surface area contributed by atoms with Gasteiger partial charge in [-0.3, -0.25) is 9.78 Å². The number of hydrogen-bond donors (Lipinski definition) is 3. The summed E-state index contributed by atoms with van der Waals surface area (Å²) in [6.45, 7) is 4.68. The van der Waals surface area contributed by atoms with E-state index in [1.165, 1.54) is 25.3 Å². The summed E-state index contributed by atoms with van der Waals surface area (Å²) in [7, 11) is 0. The second kappa shape index (κ2) is 8.08. The van der Waals surface area contributed by atoms with Crippen molar-refractivity contribution in [2.45, 2.75) is 32.8 Å². The van der Waals surface area contributed by atoms with Gasteiger partial charge in [-0.25, -0.2) is 18.7 Å². The van der Waals surface area contributed by atoms with E-state index in [4.69, 9.17) is 0 Å². The molecule has 1 amide bonds. The minimum atomic E-state index is -2.73. The normalized spacial score (nSPS) is 11.8. The van der Waals surface area contributed by atoms with Crippen LogP contribution < -0.4 is 5.32 Å². The minimum Gasteiger partial charge on any atom is -0.386 e. The number of carbonyl (C=O) groups excluding carboxylic acids is 1. The maximum Gasteiger partial charge on any atom is 0.280 e. The number of alkyl halides is 2. The van der Waals surface area contributed by atoms with Crippen LogP contribution in [0, 0.1) is 0 Å². The van der Waals surface area contributed by atoms with Gasteiger partial charge in [0.25, 0.3) is 6.43 Å². The van der Waals surface area contributed by atoms with Gasteiger partial charge in [0.05, 0.1) is 33.6 Å². The molecule has 4 rings (SSSR count). The van der Waals surface area contributed by atoms with Crippen molar-refractivity contribution in [3.8, 4) is 22.5 Å². The predicted octanol–water partition coefficient (Wildman–Crippen LogP) is 4.81. The number of fused-ring (bicyclic) bond motifs is 1. The second-order valence-electron chi connectivity index (χ2n) is 7.88. The van der Waals surface area contributed by atoms with Crippen molar-refractivity contribution in [2.75, 3.05) is 5.32 Å². The summed E-state index contributed by atoms with van der Waals surface area (Å²) in [5.41, 5.74) is 2.11. The first kappa shape index (κ1) is 21.5.